The topological polar surface area (TPSA) is 30.9 Å². The summed E-state index contributed by atoms with van der Waals surface area (Å²) in [4.78, 5) is 8.81. The van der Waals surface area contributed by atoms with Crippen LogP contribution in [0.25, 0.3) is 0 Å². The maximum Gasteiger partial charge on any atom is 0.194 e. The Hall–Kier alpha value is -1.86. The Balaban J connectivity index is 1.94. The Morgan fingerprint density at radius 3 is 2.75 bits per heavy atom. The Kier molecular flexibility index (Phi) is 5.14. The molecule has 2 rings (SSSR count). The van der Waals surface area contributed by atoms with E-state index < -0.39 is 0 Å². The molecule has 0 spiro atoms. The van der Waals surface area contributed by atoms with Crippen molar-refractivity contribution in [2.45, 2.75) is 0 Å². The van der Waals surface area contributed by atoms with E-state index >= 15 is 0 Å². The molecule has 0 radical (unpaired) electrons. The van der Waals surface area contributed by atoms with E-state index in [1.54, 1.807) is 7.05 Å². The van der Waals surface area contributed by atoms with Gasteiger partial charge in [0.25, 0.3) is 0 Å². The Labute approximate surface area is 125 Å². The second-order valence-electron chi connectivity index (χ2n) is 4.56. The maximum absolute atomic E-state index is 6.04. The second kappa shape index (κ2) is 7.06. The molecule has 1 heterocycles. The number of terminal acetylenes is 1. The third-order valence-electron chi connectivity index (χ3n) is 3.31. The van der Waals surface area contributed by atoms with Gasteiger partial charge in [-0.15, -0.1) is 6.42 Å². The summed E-state index contributed by atoms with van der Waals surface area (Å²) in [5, 5.41) is 3.93. The summed E-state index contributed by atoms with van der Waals surface area (Å²) in [5.74, 6) is 3.44. The van der Waals surface area contributed by atoms with Crippen LogP contribution in [0.5, 0.6) is 0 Å². The fourth-order valence-electron chi connectivity index (χ4n) is 2.31. The van der Waals surface area contributed by atoms with Crippen molar-refractivity contribution >= 4 is 23.2 Å². The fourth-order valence-corrected chi connectivity index (χ4v) is 2.50. The molecule has 0 aromatic heterocycles. The Morgan fingerprint density at radius 2 is 2.15 bits per heavy atom. The highest BCUT2D eigenvalue weighted by molar-refractivity contribution is 6.30. The first-order chi connectivity index (χ1) is 9.74. The van der Waals surface area contributed by atoms with Crippen molar-refractivity contribution < 1.29 is 0 Å². The Morgan fingerprint density at radius 1 is 1.40 bits per heavy atom. The molecule has 0 amide bonds. The second-order valence-corrected chi connectivity index (χ2v) is 5.00. The molecule has 0 saturated carbocycles. The van der Waals surface area contributed by atoms with Gasteiger partial charge < -0.3 is 15.1 Å². The van der Waals surface area contributed by atoms with Gasteiger partial charge in [-0.3, -0.25) is 4.99 Å². The molecule has 1 aromatic rings. The number of piperazine rings is 1. The molecule has 1 fully saturated rings. The lowest BCUT2D eigenvalue weighted by Crippen LogP contribution is -2.52. The van der Waals surface area contributed by atoms with Gasteiger partial charge in [0.15, 0.2) is 5.96 Å². The summed E-state index contributed by atoms with van der Waals surface area (Å²) in [6.45, 7) is 4.21. The van der Waals surface area contributed by atoms with E-state index in [-0.39, 0.29) is 0 Å². The molecule has 0 unspecified atom stereocenters. The van der Waals surface area contributed by atoms with Crippen molar-refractivity contribution in [3.63, 3.8) is 0 Å². The molecule has 20 heavy (non-hydrogen) atoms. The number of hydrogen-bond acceptors (Lipinski definition) is 2. The van der Waals surface area contributed by atoms with Crippen molar-refractivity contribution in [3.8, 4) is 12.3 Å². The van der Waals surface area contributed by atoms with Gasteiger partial charge in [0.05, 0.1) is 6.54 Å². The van der Waals surface area contributed by atoms with Gasteiger partial charge in [-0.25, -0.2) is 0 Å². The molecular weight excluding hydrogens is 272 g/mol. The first kappa shape index (κ1) is 14.5. The molecule has 0 bridgehead atoms. The summed E-state index contributed by atoms with van der Waals surface area (Å²) in [5.41, 5.74) is 1.17. The van der Waals surface area contributed by atoms with Crippen LogP contribution >= 0.6 is 11.6 Å². The van der Waals surface area contributed by atoms with E-state index in [2.05, 4.69) is 32.1 Å². The van der Waals surface area contributed by atoms with Crippen molar-refractivity contribution in [1.82, 2.24) is 10.2 Å². The molecule has 106 valence electrons. The lowest BCUT2D eigenvalue weighted by molar-refractivity contribution is 0.374. The summed E-state index contributed by atoms with van der Waals surface area (Å²) in [6.07, 6.45) is 5.27. The minimum Gasteiger partial charge on any atom is -0.368 e. The quantitative estimate of drug-likeness (QED) is 0.511. The maximum atomic E-state index is 6.04. The highest BCUT2D eigenvalue weighted by Gasteiger charge is 2.19. The number of guanidine groups is 1. The van der Waals surface area contributed by atoms with Gasteiger partial charge in [-0.05, 0) is 18.2 Å². The van der Waals surface area contributed by atoms with Crippen LogP contribution in [0.4, 0.5) is 5.69 Å². The van der Waals surface area contributed by atoms with E-state index in [0.717, 1.165) is 37.2 Å². The van der Waals surface area contributed by atoms with Crippen molar-refractivity contribution in [1.29, 1.82) is 0 Å². The van der Waals surface area contributed by atoms with Crippen LogP contribution in [0.1, 0.15) is 0 Å². The zero-order valence-electron chi connectivity index (χ0n) is 11.6. The smallest absolute Gasteiger partial charge is 0.194 e. The average molecular weight is 291 g/mol. The van der Waals surface area contributed by atoms with Crippen molar-refractivity contribution in [2.75, 3.05) is 44.7 Å². The molecule has 0 atom stereocenters. The minimum absolute atomic E-state index is 0.501. The number of halogens is 1. The fraction of sp³-hybridized carbons (Fsp3) is 0.400. The van der Waals surface area contributed by atoms with E-state index in [1.165, 1.54) is 5.69 Å². The summed E-state index contributed by atoms with van der Waals surface area (Å²) < 4.78 is 0. The molecule has 1 N–H and O–H groups in total. The molecular formula is C15H19ClN4. The molecule has 4 nitrogen and oxygen atoms in total. The third kappa shape index (κ3) is 3.58. The van der Waals surface area contributed by atoms with Crippen molar-refractivity contribution in [3.05, 3.63) is 29.3 Å². The van der Waals surface area contributed by atoms with Crippen LogP contribution in [-0.2, 0) is 0 Å². The lowest BCUT2D eigenvalue weighted by Gasteiger charge is -2.37. The van der Waals surface area contributed by atoms with Crippen LogP contribution in [0.15, 0.2) is 29.3 Å². The zero-order valence-corrected chi connectivity index (χ0v) is 12.4. The van der Waals surface area contributed by atoms with Gasteiger partial charge >= 0.3 is 0 Å². The van der Waals surface area contributed by atoms with Crippen LogP contribution < -0.4 is 10.2 Å². The van der Waals surface area contributed by atoms with Crippen LogP contribution in [0.3, 0.4) is 0 Å². The van der Waals surface area contributed by atoms with Gasteiger partial charge in [-0.1, -0.05) is 23.6 Å². The van der Waals surface area contributed by atoms with Gasteiger partial charge in [0.2, 0.25) is 0 Å². The SMILES string of the molecule is C#CCNC(=NC)N1CCN(c2cccc(Cl)c2)CC1. The number of hydrogen-bond donors (Lipinski definition) is 1. The Bertz CT molecular complexity index is 513. The first-order valence-electron chi connectivity index (χ1n) is 6.64. The monoisotopic (exact) mass is 290 g/mol. The van der Waals surface area contributed by atoms with Crippen molar-refractivity contribution in [2.24, 2.45) is 4.99 Å². The van der Waals surface area contributed by atoms with Crippen LogP contribution in [0, 0.1) is 12.3 Å². The lowest BCUT2D eigenvalue weighted by atomic mass is 10.2. The number of nitrogens with one attached hydrogen (secondary N) is 1. The highest BCUT2D eigenvalue weighted by atomic mass is 35.5. The van der Waals surface area contributed by atoms with E-state index in [0.29, 0.717) is 6.54 Å². The van der Waals surface area contributed by atoms with Crippen LogP contribution in [-0.4, -0.2) is 50.6 Å². The van der Waals surface area contributed by atoms with Gasteiger partial charge in [-0.2, -0.15) is 0 Å². The average Bonchev–Trinajstić information content (AvgIpc) is 2.49. The number of anilines is 1. The van der Waals surface area contributed by atoms with Crippen LogP contribution in [0.2, 0.25) is 5.02 Å². The highest BCUT2D eigenvalue weighted by Crippen LogP contribution is 2.20. The largest absolute Gasteiger partial charge is 0.368 e. The number of nitrogens with zero attached hydrogens (tertiary/aromatic N) is 3. The molecule has 0 aliphatic carbocycles. The minimum atomic E-state index is 0.501. The normalized spacial score (nSPS) is 15.9. The van der Waals surface area contributed by atoms with E-state index in [4.69, 9.17) is 18.0 Å². The first-order valence-corrected chi connectivity index (χ1v) is 7.02. The molecule has 1 aliphatic rings. The van der Waals surface area contributed by atoms with E-state index in [1.807, 2.05) is 18.2 Å². The molecule has 1 aromatic carbocycles. The summed E-state index contributed by atoms with van der Waals surface area (Å²) in [7, 11) is 1.78. The molecule has 1 aliphatic heterocycles. The zero-order chi connectivity index (χ0) is 14.4. The number of benzene rings is 1. The number of aliphatic imine (C=N–C) groups is 1. The molecule has 1 saturated heterocycles. The predicted molar refractivity (Wildman–Crippen MR) is 85.4 cm³/mol. The standard InChI is InChI=1S/C15H19ClN4/c1-3-7-18-15(17-2)20-10-8-19(9-11-20)14-6-4-5-13(16)12-14/h1,4-6,12H,7-11H2,2H3,(H,17,18). The van der Waals surface area contributed by atoms with Gasteiger partial charge in [0.1, 0.15) is 0 Å². The van der Waals surface area contributed by atoms with E-state index in [9.17, 15) is 0 Å². The molecule has 5 heteroatoms. The summed E-state index contributed by atoms with van der Waals surface area (Å²) >= 11 is 6.04. The third-order valence-corrected chi connectivity index (χ3v) is 3.55. The van der Waals surface area contributed by atoms with Gasteiger partial charge in [0, 0.05) is 43.9 Å². The predicted octanol–water partition coefficient (Wildman–Crippen LogP) is 1.67. The summed E-state index contributed by atoms with van der Waals surface area (Å²) in [6, 6.07) is 7.97. The number of rotatable bonds is 2.